The molecule has 0 saturated carbocycles. The number of nitro groups is 1. The summed E-state index contributed by atoms with van der Waals surface area (Å²) >= 11 is 3.24. The van der Waals surface area contributed by atoms with Crippen LogP contribution in [0.5, 0.6) is 11.6 Å². The van der Waals surface area contributed by atoms with E-state index in [-0.39, 0.29) is 17.3 Å². The fourth-order valence-electron chi connectivity index (χ4n) is 1.54. The molecule has 2 aromatic rings. The van der Waals surface area contributed by atoms with Gasteiger partial charge in [0.2, 0.25) is 11.6 Å². The van der Waals surface area contributed by atoms with Crippen molar-refractivity contribution in [2.75, 3.05) is 11.9 Å². The normalized spacial score (nSPS) is 10.2. The van der Waals surface area contributed by atoms with Crippen LogP contribution in [0.4, 0.5) is 15.9 Å². The second kappa shape index (κ2) is 6.44. The number of rotatable bonds is 5. The van der Waals surface area contributed by atoms with Crippen molar-refractivity contribution in [2.24, 2.45) is 0 Å². The Morgan fingerprint density at radius 1 is 1.48 bits per heavy atom. The molecule has 9 heteroatoms. The minimum atomic E-state index is -0.658. The van der Waals surface area contributed by atoms with Crippen molar-refractivity contribution in [3.05, 3.63) is 44.9 Å². The summed E-state index contributed by atoms with van der Waals surface area (Å²) < 4.78 is 19.0. The number of hydrogen-bond donors (Lipinski definition) is 1. The summed E-state index contributed by atoms with van der Waals surface area (Å²) in [5.74, 6) is -0.356. The van der Waals surface area contributed by atoms with E-state index in [4.69, 9.17) is 4.74 Å². The lowest BCUT2D eigenvalue weighted by molar-refractivity contribution is -0.385. The van der Waals surface area contributed by atoms with Crippen LogP contribution in [-0.4, -0.2) is 21.4 Å². The standard InChI is InChI=1S/C12H10BrFN4O3/c1-2-15-11-10(13)12(17-6-16-11)21-9-5-7(14)3-4-8(9)18(19)20/h3-6H,2H2,1H3,(H,15,16,17). The zero-order chi connectivity index (χ0) is 15.4. The maximum atomic E-state index is 13.3. The third-order valence-electron chi connectivity index (χ3n) is 2.43. The average molecular weight is 357 g/mol. The summed E-state index contributed by atoms with van der Waals surface area (Å²) in [6.07, 6.45) is 1.24. The Bertz CT molecular complexity index is 684. The molecular weight excluding hydrogens is 347 g/mol. The van der Waals surface area contributed by atoms with Gasteiger partial charge in [-0.15, -0.1) is 0 Å². The molecular formula is C12H10BrFN4O3. The Hall–Kier alpha value is -2.29. The molecule has 110 valence electrons. The van der Waals surface area contributed by atoms with E-state index >= 15 is 0 Å². The van der Waals surface area contributed by atoms with Crippen LogP contribution >= 0.6 is 15.9 Å². The molecule has 0 radical (unpaired) electrons. The Labute approximate surface area is 127 Å². The number of hydrogen-bond acceptors (Lipinski definition) is 6. The van der Waals surface area contributed by atoms with Gasteiger partial charge >= 0.3 is 5.69 Å². The molecule has 0 amide bonds. The largest absolute Gasteiger partial charge is 0.430 e. The van der Waals surface area contributed by atoms with Gasteiger partial charge in [0.15, 0.2) is 0 Å². The number of anilines is 1. The van der Waals surface area contributed by atoms with Gasteiger partial charge in [0.05, 0.1) is 4.92 Å². The van der Waals surface area contributed by atoms with Crippen molar-refractivity contribution >= 4 is 27.4 Å². The van der Waals surface area contributed by atoms with E-state index in [2.05, 4.69) is 31.2 Å². The summed E-state index contributed by atoms with van der Waals surface area (Å²) in [6.45, 7) is 2.50. The zero-order valence-corrected chi connectivity index (χ0v) is 12.4. The SMILES string of the molecule is CCNc1ncnc(Oc2cc(F)ccc2[N+](=O)[O-])c1Br. The van der Waals surface area contributed by atoms with Crippen molar-refractivity contribution < 1.29 is 14.1 Å². The van der Waals surface area contributed by atoms with Crippen LogP contribution in [0.25, 0.3) is 0 Å². The predicted octanol–water partition coefficient (Wildman–Crippen LogP) is 3.51. The van der Waals surface area contributed by atoms with Crippen LogP contribution in [0.2, 0.25) is 0 Å². The van der Waals surface area contributed by atoms with Crippen molar-refractivity contribution in [3.63, 3.8) is 0 Å². The maximum absolute atomic E-state index is 13.3. The third kappa shape index (κ3) is 3.43. The van der Waals surface area contributed by atoms with Gasteiger partial charge in [-0.1, -0.05) is 0 Å². The van der Waals surface area contributed by atoms with Crippen LogP contribution in [0.3, 0.4) is 0 Å². The molecule has 0 bridgehead atoms. The summed E-state index contributed by atoms with van der Waals surface area (Å²) in [6, 6.07) is 2.95. The Kier molecular flexibility index (Phi) is 4.63. The molecule has 7 nitrogen and oxygen atoms in total. The number of benzene rings is 1. The minimum absolute atomic E-state index is 0.0506. The molecule has 0 spiro atoms. The number of ether oxygens (including phenoxy) is 1. The Balaban J connectivity index is 2.41. The quantitative estimate of drug-likeness (QED) is 0.651. The molecule has 1 aromatic heterocycles. The van der Waals surface area contributed by atoms with Crippen LogP contribution in [0.15, 0.2) is 29.0 Å². The smallest absolute Gasteiger partial charge is 0.311 e. The average Bonchev–Trinajstić information content (AvgIpc) is 2.43. The van der Waals surface area contributed by atoms with Crippen molar-refractivity contribution in [3.8, 4) is 11.6 Å². The molecule has 0 atom stereocenters. The second-order valence-corrected chi connectivity index (χ2v) is 4.64. The summed E-state index contributed by atoms with van der Waals surface area (Å²) in [5, 5.41) is 13.9. The van der Waals surface area contributed by atoms with E-state index in [0.29, 0.717) is 16.8 Å². The maximum Gasteiger partial charge on any atom is 0.311 e. The second-order valence-electron chi connectivity index (χ2n) is 3.84. The molecule has 0 aliphatic heterocycles. The Morgan fingerprint density at radius 3 is 2.90 bits per heavy atom. The lowest BCUT2D eigenvalue weighted by atomic mass is 10.3. The first-order valence-corrected chi connectivity index (χ1v) is 6.68. The van der Waals surface area contributed by atoms with Gasteiger partial charge in [-0.05, 0) is 28.9 Å². The first kappa shape index (κ1) is 15.1. The fraction of sp³-hybridized carbons (Fsp3) is 0.167. The van der Waals surface area contributed by atoms with E-state index < -0.39 is 10.7 Å². The highest BCUT2D eigenvalue weighted by Gasteiger charge is 2.19. The molecule has 0 unspecified atom stereocenters. The van der Waals surface area contributed by atoms with E-state index in [1.54, 1.807) is 0 Å². The number of halogens is 2. The van der Waals surface area contributed by atoms with Gasteiger partial charge < -0.3 is 10.1 Å². The Morgan fingerprint density at radius 2 is 2.24 bits per heavy atom. The van der Waals surface area contributed by atoms with Crippen LogP contribution in [0, 0.1) is 15.9 Å². The van der Waals surface area contributed by atoms with Crippen LogP contribution in [-0.2, 0) is 0 Å². The van der Waals surface area contributed by atoms with Crippen LogP contribution < -0.4 is 10.1 Å². The summed E-state index contributed by atoms with van der Waals surface area (Å²) in [7, 11) is 0. The first-order chi connectivity index (χ1) is 10.0. The molecule has 21 heavy (non-hydrogen) atoms. The van der Waals surface area contributed by atoms with Crippen LogP contribution in [0.1, 0.15) is 6.92 Å². The molecule has 1 aromatic carbocycles. The van der Waals surface area contributed by atoms with E-state index in [0.717, 1.165) is 18.2 Å². The molecule has 0 saturated heterocycles. The molecule has 0 aliphatic carbocycles. The topological polar surface area (TPSA) is 90.2 Å². The van der Waals surface area contributed by atoms with E-state index in [1.807, 2.05) is 6.92 Å². The fourth-order valence-corrected chi connectivity index (χ4v) is 1.97. The molecule has 1 N–H and O–H groups in total. The van der Waals surface area contributed by atoms with Gasteiger partial charge in [-0.3, -0.25) is 10.1 Å². The van der Waals surface area contributed by atoms with Gasteiger partial charge in [-0.25, -0.2) is 14.4 Å². The molecule has 0 fully saturated rings. The lowest BCUT2D eigenvalue weighted by Crippen LogP contribution is -2.02. The highest BCUT2D eigenvalue weighted by atomic mass is 79.9. The minimum Gasteiger partial charge on any atom is -0.430 e. The number of nitrogens with one attached hydrogen (secondary N) is 1. The van der Waals surface area contributed by atoms with E-state index in [1.165, 1.54) is 6.33 Å². The highest BCUT2D eigenvalue weighted by molar-refractivity contribution is 9.10. The summed E-state index contributed by atoms with van der Waals surface area (Å²) in [4.78, 5) is 18.1. The number of aromatic nitrogens is 2. The molecule has 0 aliphatic rings. The van der Waals surface area contributed by atoms with Crippen molar-refractivity contribution in [1.29, 1.82) is 0 Å². The summed E-state index contributed by atoms with van der Waals surface area (Å²) in [5.41, 5.74) is -0.355. The third-order valence-corrected chi connectivity index (χ3v) is 3.14. The number of nitrogens with zero attached hydrogens (tertiary/aromatic N) is 3. The molecule has 1 heterocycles. The monoisotopic (exact) mass is 356 g/mol. The van der Waals surface area contributed by atoms with Gasteiger partial charge in [0.25, 0.3) is 0 Å². The highest BCUT2D eigenvalue weighted by Crippen LogP contribution is 2.36. The molecule has 2 rings (SSSR count). The van der Waals surface area contributed by atoms with Gasteiger partial charge in [-0.2, -0.15) is 0 Å². The first-order valence-electron chi connectivity index (χ1n) is 5.89. The zero-order valence-electron chi connectivity index (χ0n) is 10.8. The van der Waals surface area contributed by atoms with Crippen molar-refractivity contribution in [2.45, 2.75) is 6.92 Å². The van der Waals surface area contributed by atoms with Crippen molar-refractivity contribution in [1.82, 2.24) is 9.97 Å². The van der Waals surface area contributed by atoms with E-state index in [9.17, 15) is 14.5 Å². The van der Waals surface area contributed by atoms with Gasteiger partial charge in [0, 0.05) is 18.7 Å². The lowest BCUT2D eigenvalue weighted by Gasteiger charge is -2.10. The predicted molar refractivity (Wildman–Crippen MR) is 77.0 cm³/mol. The van der Waals surface area contributed by atoms with Gasteiger partial charge in [0.1, 0.15) is 22.4 Å². The number of nitro benzene ring substituents is 1.